The summed E-state index contributed by atoms with van der Waals surface area (Å²) in [5.74, 6) is 0.338. The van der Waals surface area contributed by atoms with Gasteiger partial charge in [0.25, 0.3) is 0 Å². The normalized spacial score (nSPS) is 21.6. The van der Waals surface area contributed by atoms with Crippen molar-refractivity contribution in [2.75, 3.05) is 13.2 Å². The summed E-state index contributed by atoms with van der Waals surface area (Å²) in [5, 5.41) is 12.7. The van der Waals surface area contributed by atoms with Crippen LogP contribution in [0.5, 0.6) is 0 Å². The number of aliphatic hydroxyl groups excluding tert-OH is 1. The second-order valence-electron chi connectivity index (χ2n) is 5.19. The van der Waals surface area contributed by atoms with Crippen LogP contribution in [0.1, 0.15) is 43.4 Å². The Kier molecular flexibility index (Phi) is 4.57. The van der Waals surface area contributed by atoms with Gasteiger partial charge in [0.1, 0.15) is 0 Å². The van der Waals surface area contributed by atoms with E-state index in [1.54, 1.807) is 0 Å². The number of aryl methyl sites for hydroxylation is 1. The van der Waals surface area contributed by atoms with Gasteiger partial charge in [0, 0.05) is 19.2 Å². The van der Waals surface area contributed by atoms with Gasteiger partial charge in [0.15, 0.2) is 0 Å². The highest BCUT2D eigenvalue weighted by Gasteiger charge is 2.17. The lowest BCUT2D eigenvalue weighted by molar-refractivity contribution is 0.229. The van der Waals surface area contributed by atoms with Gasteiger partial charge in [-0.3, -0.25) is 0 Å². The Morgan fingerprint density at radius 2 is 2.18 bits per heavy atom. The Morgan fingerprint density at radius 3 is 3.00 bits per heavy atom. The number of rotatable bonds is 4. The van der Waals surface area contributed by atoms with Crippen molar-refractivity contribution in [1.82, 2.24) is 5.32 Å². The van der Waals surface area contributed by atoms with Crippen molar-refractivity contribution in [1.29, 1.82) is 0 Å². The molecule has 0 heterocycles. The Bertz CT molecular complexity index is 351. The van der Waals surface area contributed by atoms with Crippen molar-refractivity contribution in [2.45, 2.75) is 38.6 Å². The van der Waals surface area contributed by atoms with E-state index < -0.39 is 0 Å². The van der Waals surface area contributed by atoms with Gasteiger partial charge in [-0.15, -0.1) is 0 Å². The molecule has 17 heavy (non-hydrogen) atoms. The van der Waals surface area contributed by atoms with Crippen molar-refractivity contribution in [3.63, 3.8) is 0 Å². The fourth-order valence-corrected chi connectivity index (χ4v) is 2.54. The minimum Gasteiger partial charge on any atom is -0.396 e. The van der Waals surface area contributed by atoms with Gasteiger partial charge in [-0.2, -0.15) is 0 Å². The van der Waals surface area contributed by atoms with Crippen molar-refractivity contribution >= 4 is 0 Å². The minimum absolute atomic E-state index is 0.265. The Hall–Kier alpha value is -0.860. The van der Waals surface area contributed by atoms with Gasteiger partial charge >= 0.3 is 0 Å². The van der Waals surface area contributed by atoms with E-state index in [1.165, 1.54) is 36.8 Å². The molecule has 2 atom stereocenters. The molecule has 0 saturated heterocycles. The molecule has 1 aliphatic rings. The third-order valence-corrected chi connectivity index (χ3v) is 3.64. The average molecular weight is 233 g/mol. The zero-order valence-corrected chi connectivity index (χ0v) is 10.7. The number of hydrogen-bond acceptors (Lipinski definition) is 2. The number of nitrogens with one attached hydrogen (secondary N) is 1. The molecule has 0 radical (unpaired) electrons. The first kappa shape index (κ1) is 12.6. The van der Waals surface area contributed by atoms with Crippen LogP contribution < -0.4 is 5.32 Å². The van der Waals surface area contributed by atoms with E-state index in [4.69, 9.17) is 5.11 Å². The molecule has 2 rings (SSSR count). The topological polar surface area (TPSA) is 32.3 Å². The summed E-state index contributed by atoms with van der Waals surface area (Å²) in [4.78, 5) is 0. The molecule has 0 aromatic heterocycles. The smallest absolute Gasteiger partial charge is 0.0468 e. The maximum Gasteiger partial charge on any atom is 0.0468 e. The van der Waals surface area contributed by atoms with Gasteiger partial charge < -0.3 is 10.4 Å². The molecule has 1 aromatic carbocycles. The molecule has 1 aromatic rings. The van der Waals surface area contributed by atoms with Crippen LogP contribution in [0.25, 0.3) is 0 Å². The molecule has 2 heteroatoms. The summed E-state index contributed by atoms with van der Waals surface area (Å²) >= 11 is 0. The predicted molar refractivity (Wildman–Crippen MR) is 71.0 cm³/mol. The summed E-state index contributed by atoms with van der Waals surface area (Å²) in [6, 6.07) is 9.25. The minimum atomic E-state index is 0.265. The molecule has 2 N–H and O–H groups in total. The van der Waals surface area contributed by atoms with E-state index in [0.717, 1.165) is 6.54 Å². The van der Waals surface area contributed by atoms with Crippen molar-refractivity contribution < 1.29 is 5.11 Å². The second kappa shape index (κ2) is 6.18. The Labute approximate surface area is 104 Å². The average Bonchev–Trinajstić information content (AvgIpc) is 2.58. The fourth-order valence-electron chi connectivity index (χ4n) is 2.54. The third kappa shape index (κ3) is 3.30. The van der Waals surface area contributed by atoms with Crippen LogP contribution in [-0.4, -0.2) is 18.3 Å². The molecule has 0 amide bonds. The standard InChI is InChI=1S/C15H23NO/c1-12(11-17)10-16-15-9-5-3-7-13-6-2-4-8-14(13)15/h2,4,6,8,12,15-17H,3,5,7,9-11H2,1H3. The Morgan fingerprint density at radius 1 is 1.35 bits per heavy atom. The van der Waals surface area contributed by atoms with Crippen molar-refractivity contribution in [3.05, 3.63) is 35.4 Å². The highest BCUT2D eigenvalue weighted by molar-refractivity contribution is 5.31. The molecule has 0 fully saturated rings. The summed E-state index contributed by atoms with van der Waals surface area (Å²) in [7, 11) is 0. The number of benzene rings is 1. The quantitative estimate of drug-likeness (QED) is 0.784. The number of fused-ring (bicyclic) bond motifs is 1. The molecule has 94 valence electrons. The van der Waals surface area contributed by atoms with E-state index in [-0.39, 0.29) is 6.61 Å². The van der Waals surface area contributed by atoms with Crippen LogP contribution in [-0.2, 0) is 6.42 Å². The molecule has 0 bridgehead atoms. The fraction of sp³-hybridized carbons (Fsp3) is 0.600. The molecular formula is C15H23NO. The summed E-state index contributed by atoms with van der Waals surface area (Å²) in [6.45, 7) is 3.24. The number of aliphatic hydroxyl groups is 1. The van der Waals surface area contributed by atoms with Crippen molar-refractivity contribution in [2.24, 2.45) is 5.92 Å². The van der Waals surface area contributed by atoms with Crippen LogP contribution >= 0.6 is 0 Å². The maximum atomic E-state index is 9.08. The van der Waals surface area contributed by atoms with Gasteiger partial charge in [0.2, 0.25) is 0 Å². The van der Waals surface area contributed by atoms with Gasteiger partial charge in [-0.25, -0.2) is 0 Å². The maximum absolute atomic E-state index is 9.08. The van der Waals surface area contributed by atoms with Crippen molar-refractivity contribution in [3.8, 4) is 0 Å². The predicted octanol–water partition coefficient (Wildman–Crippen LogP) is 2.67. The summed E-state index contributed by atoms with van der Waals surface area (Å²) in [6.07, 6.45) is 5.02. The molecular weight excluding hydrogens is 210 g/mol. The van der Waals surface area contributed by atoms with Gasteiger partial charge in [-0.1, -0.05) is 37.6 Å². The molecule has 0 spiro atoms. The van der Waals surface area contributed by atoms with E-state index >= 15 is 0 Å². The number of hydrogen-bond donors (Lipinski definition) is 2. The van der Waals surface area contributed by atoms with E-state index in [2.05, 4.69) is 36.5 Å². The molecule has 2 nitrogen and oxygen atoms in total. The van der Waals surface area contributed by atoms with Gasteiger partial charge in [0.05, 0.1) is 0 Å². The van der Waals surface area contributed by atoms with Crippen LogP contribution in [0.4, 0.5) is 0 Å². The van der Waals surface area contributed by atoms with E-state index in [9.17, 15) is 0 Å². The first-order chi connectivity index (χ1) is 8.31. The third-order valence-electron chi connectivity index (χ3n) is 3.64. The highest BCUT2D eigenvalue weighted by Crippen LogP contribution is 2.28. The second-order valence-corrected chi connectivity index (χ2v) is 5.19. The molecule has 0 saturated carbocycles. The van der Waals surface area contributed by atoms with Crippen LogP contribution in [0, 0.1) is 5.92 Å². The lowest BCUT2D eigenvalue weighted by atomic mass is 9.98. The zero-order valence-electron chi connectivity index (χ0n) is 10.7. The molecule has 1 aliphatic carbocycles. The lowest BCUT2D eigenvalue weighted by Crippen LogP contribution is -2.28. The molecule has 0 aliphatic heterocycles. The highest BCUT2D eigenvalue weighted by atomic mass is 16.3. The van der Waals surface area contributed by atoms with Gasteiger partial charge in [-0.05, 0) is 36.3 Å². The monoisotopic (exact) mass is 233 g/mol. The SMILES string of the molecule is CC(CO)CNC1CCCCc2ccccc21. The van der Waals surface area contributed by atoms with E-state index in [0.29, 0.717) is 12.0 Å². The van der Waals surface area contributed by atoms with E-state index in [1.807, 2.05) is 0 Å². The largest absolute Gasteiger partial charge is 0.396 e. The lowest BCUT2D eigenvalue weighted by Gasteiger charge is -2.21. The Balaban J connectivity index is 2.06. The van der Waals surface area contributed by atoms with Crippen LogP contribution in [0.2, 0.25) is 0 Å². The van der Waals surface area contributed by atoms with Crippen LogP contribution in [0.15, 0.2) is 24.3 Å². The molecule has 2 unspecified atom stereocenters. The first-order valence-corrected chi connectivity index (χ1v) is 6.73. The summed E-state index contributed by atoms with van der Waals surface area (Å²) < 4.78 is 0. The summed E-state index contributed by atoms with van der Waals surface area (Å²) in [5.41, 5.74) is 2.97. The first-order valence-electron chi connectivity index (χ1n) is 6.73. The zero-order chi connectivity index (χ0) is 12.1. The van der Waals surface area contributed by atoms with Crippen LogP contribution in [0.3, 0.4) is 0 Å².